The molecule has 1 amide bonds. The molecule has 4 aromatic rings. The van der Waals surface area contributed by atoms with E-state index in [0.29, 0.717) is 50.9 Å². The summed E-state index contributed by atoms with van der Waals surface area (Å²) in [4.78, 5) is 17.5. The number of rotatable bonds is 5. The van der Waals surface area contributed by atoms with Crippen molar-refractivity contribution >= 4 is 51.6 Å². The Bertz CT molecular complexity index is 1280. The maximum atomic E-state index is 13.3. The maximum Gasteiger partial charge on any atom is 0.260 e. The third-order valence-electron chi connectivity index (χ3n) is 5.52. The number of halogens is 2. The Morgan fingerprint density at radius 1 is 1.16 bits per heavy atom. The summed E-state index contributed by atoms with van der Waals surface area (Å²) < 4.78 is 6.02. The van der Waals surface area contributed by atoms with Crippen molar-refractivity contribution in [3.8, 4) is 11.1 Å². The predicted octanol–water partition coefficient (Wildman–Crippen LogP) is 5.74. The molecule has 3 aromatic heterocycles. The van der Waals surface area contributed by atoms with Crippen molar-refractivity contribution < 1.29 is 14.3 Å². The second-order valence-corrected chi connectivity index (χ2v) is 8.65. The minimum Gasteiger partial charge on any atom is -0.454 e. The van der Waals surface area contributed by atoms with Gasteiger partial charge in [0.1, 0.15) is 5.58 Å². The van der Waals surface area contributed by atoms with Crippen molar-refractivity contribution in [1.82, 2.24) is 4.98 Å². The first-order chi connectivity index (χ1) is 14.9. The van der Waals surface area contributed by atoms with Crippen molar-refractivity contribution in [2.45, 2.75) is 31.9 Å². The van der Waals surface area contributed by atoms with Crippen LogP contribution in [0.15, 0.2) is 47.0 Å². The van der Waals surface area contributed by atoms with Crippen LogP contribution >= 0.6 is 23.2 Å². The number of aliphatic hydroxyl groups is 1. The third-order valence-corrected chi connectivity index (χ3v) is 6.26. The SMILES string of the molecule is Cc1cc(-c2c(C(=O)Nc3ccc(Cl)c(Cl)c3)c3cc(NC4CC(O)C4)c2o3)ccn1. The number of nitrogens with zero attached hydrogens (tertiary/aromatic N) is 1. The first-order valence-electron chi connectivity index (χ1n) is 9.92. The number of hydrogen-bond acceptors (Lipinski definition) is 5. The molecule has 31 heavy (non-hydrogen) atoms. The Balaban J connectivity index is 1.54. The molecule has 1 saturated carbocycles. The molecule has 8 heteroatoms. The van der Waals surface area contributed by atoms with E-state index in [1.165, 1.54) is 0 Å². The summed E-state index contributed by atoms with van der Waals surface area (Å²) in [6, 6.07) is 10.7. The van der Waals surface area contributed by atoms with Crippen molar-refractivity contribution in [1.29, 1.82) is 0 Å². The Kier molecular flexibility index (Phi) is 5.01. The van der Waals surface area contributed by atoms with Gasteiger partial charge in [0.15, 0.2) is 5.58 Å². The molecule has 3 N–H and O–H groups in total. The Morgan fingerprint density at radius 3 is 2.68 bits per heavy atom. The lowest BCUT2D eigenvalue weighted by Crippen LogP contribution is -2.38. The van der Waals surface area contributed by atoms with Crippen LogP contribution in [0.4, 0.5) is 11.4 Å². The highest BCUT2D eigenvalue weighted by molar-refractivity contribution is 6.42. The molecule has 0 aliphatic heterocycles. The smallest absolute Gasteiger partial charge is 0.260 e. The van der Waals surface area contributed by atoms with Crippen LogP contribution in [-0.2, 0) is 0 Å². The lowest BCUT2D eigenvalue weighted by molar-refractivity contribution is 0.0837. The minimum absolute atomic E-state index is 0.186. The van der Waals surface area contributed by atoms with Crippen LogP contribution in [0.2, 0.25) is 10.0 Å². The first-order valence-corrected chi connectivity index (χ1v) is 10.7. The lowest BCUT2D eigenvalue weighted by Gasteiger charge is -2.32. The molecule has 5 rings (SSSR count). The fourth-order valence-electron chi connectivity index (χ4n) is 3.94. The molecule has 1 aromatic carbocycles. The van der Waals surface area contributed by atoms with Gasteiger partial charge in [0, 0.05) is 35.2 Å². The highest BCUT2D eigenvalue weighted by Crippen LogP contribution is 2.43. The van der Waals surface area contributed by atoms with Crippen LogP contribution < -0.4 is 10.6 Å². The van der Waals surface area contributed by atoms with Gasteiger partial charge in [0.05, 0.1) is 27.4 Å². The van der Waals surface area contributed by atoms with E-state index < -0.39 is 0 Å². The molecule has 0 radical (unpaired) electrons. The molecule has 158 valence electrons. The van der Waals surface area contributed by atoms with E-state index in [9.17, 15) is 9.90 Å². The van der Waals surface area contributed by atoms with Crippen molar-refractivity contribution in [3.05, 3.63) is 63.9 Å². The molecule has 2 bridgehead atoms. The third kappa shape index (κ3) is 3.71. The summed E-state index contributed by atoms with van der Waals surface area (Å²) in [6.07, 6.45) is 2.83. The normalized spacial score (nSPS) is 18.2. The van der Waals surface area contributed by atoms with Crippen LogP contribution in [0.1, 0.15) is 28.9 Å². The number of carbonyl (C=O) groups is 1. The van der Waals surface area contributed by atoms with E-state index >= 15 is 0 Å². The van der Waals surface area contributed by atoms with Gasteiger partial charge in [-0.3, -0.25) is 9.78 Å². The van der Waals surface area contributed by atoms with Gasteiger partial charge in [0.25, 0.3) is 5.91 Å². The predicted molar refractivity (Wildman–Crippen MR) is 122 cm³/mol. The summed E-state index contributed by atoms with van der Waals surface area (Å²) in [6.45, 7) is 1.90. The average Bonchev–Trinajstić information content (AvgIpc) is 3.28. The summed E-state index contributed by atoms with van der Waals surface area (Å²) in [5.74, 6) is -0.303. The monoisotopic (exact) mass is 455 g/mol. The second kappa shape index (κ2) is 7.71. The Labute approximate surface area is 188 Å². The van der Waals surface area contributed by atoms with E-state index in [1.54, 1.807) is 24.4 Å². The summed E-state index contributed by atoms with van der Waals surface area (Å²) >= 11 is 12.1. The summed E-state index contributed by atoms with van der Waals surface area (Å²) in [5, 5.41) is 16.7. The van der Waals surface area contributed by atoms with Gasteiger partial charge in [0.2, 0.25) is 0 Å². The fourth-order valence-corrected chi connectivity index (χ4v) is 4.24. The Morgan fingerprint density at radius 2 is 1.97 bits per heavy atom. The van der Waals surface area contributed by atoms with Crippen LogP contribution in [0.3, 0.4) is 0 Å². The molecule has 0 atom stereocenters. The maximum absolute atomic E-state index is 13.3. The number of benzene rings is 2. The highest BCUT2D eigenvalue weighted by Gasteiger charge is 2.31. The largest absolute Gasteiger partial charge is 0.454 e. The standard InChI is InChI=1S/C23H19Cl2N3O3/c1-11-6-12(4-5-26-11)20-21(23(30)28-13-2-3-16(24)17(25)9-13)19-10-18(22(20)31-19)27-14-7-15(29)8-14/h2-6,9-10,14-15,27,29H,7-8H2,1H3,(H,28,30). The zero-order chi connectivity index (χ0) is 21.7. The van der Waals surface area contributed by atoms with Crippen LogP contribution in [0.25, 0.3) is 22.3 Å². The number of aromatic nitrogens is 1. The summed E-state index contributed by atoms with van der Waals surface area (Å²) in [7, 11) is 0. The number of pyridine rings is 1. The van der Waals surface area contributed by atoms with Gasteiger partial charge in [-0.25, -0.2) is 0 Å². The molecule has 6 nitrogen and oxygen atoms in total. The average molecular weight is 456 g/mol. The number of hydrogen-bond donors (Lipinski definition) is 3. The number of aliphatic hydroxyl groups excluding tert-OH is 1. The lowest BCUT2D eigenvalue weighted by atomic mass is 9.89. The Hall–Kier alpha value is -2.80. The van der Waals surface area contributed by atoms with Gasteiger partial charge >= 0.3 is 0 Å². The van der Waals surface area contributed by atoms with Crippen LogP contribution in [0.5, 0.6) is 0 Å². The van der Waals surface area contributed by atoms with Gasteiger partial charge in [-0.05, 0) is 55.7 Å². The zero-order valence-electron chi connectivity index (χ0n) is 16.6. The molecule has 0 saturated heterocycles. The van der Waals surface area contributed by atoms with Crippen LogP contribution in [-0.4, -0.2) is 28.1 Å². The van der Waals surface area contributed by atoms with Gasteiger partial charge < -0.3 is 20.2 Å². The quantitative estimate of drug-likeness (QED) is 0.357. The van der Waals surface area contributed by atoms with Crippen LogP contribution in [0, 0.1) is 6.92 Å². The highest BCUT2D eigenvalue weighted by atomic mass is 35.5. The van der Waals surface area contributed by atoms with Crippen molar-refractivity contribution in [2.24, 2.45) is 0 Å². The number of anilines is 2. The molecular formula is C23H19Cl2N3O3. The van der Waals surface area contributed by atoms with E-state index in [0.717, 1.165) is 16.9 Å². The van der Waals surface area contributed by atoms with Gasteiger partial charge in [-0.15, -0.1) is 0 Å². The minimum atomic E-state index is -0.303. The van der Waals surface area contributed by atoms with Gasteiger partial charge in [-0.2, -0.15) is 0 Å². The number of furan rings is 2. The molecule has 0 unspecified atom stereocenters. The fraction of sp³-hybridized carbons (Fsp3) is 0.217. The van der Waals surface area contributed by atoms with E-state index in [4.69, 9.17) is 27.6 Å². The van der Waals surface area contributed by atoms with Gasteiger partial charge in [-0.1, -0.05) is 23.2 Å². The molecule has 1 fully saturated rings. The first kappa shape index (κ1) is 20.1. The molecule has 1 aliphatic rings. The zero-order valence-corrected chi connectivity index (χ0v) is 18.1. The molecule has 0 spiro atoms. The van der Waals surface area contributed by atoms with E-state index in [-0.39, 0.29) is 18.1 Å². The number of carbonyl (C=O) groups excluding carboxylic acids is 1. The topological polar surface area (TPSA) is 87.4 Å². The number of amides is 1. The molecule has 3 heterocycles. The second-order valence-electron chi connectivity index (χ2n) is 7.84. The number of aryl methyl sites for hydroxylation is 1. The van der Waals surface area contributed by atoms with Crippen molar-refractivity contribution in [2.75, 3.05) is 10.6 Å². The van der Waals surface area contributed by atoms with Crippen molar-refractivity contribution in [3.63, 3.8) is 0 Å². The number of fused-ring (bicyclic) bond motifs is 2. The summed E-state index contributed by atoms with van der Waals surface area (Å²) in [5.41, 5.74) is 5.30. The molecular weight excluding hydrogens is 437 g/mol. The van der Waals surface area contributed by atoms with E-state index in [2.05, 4.69) is 15.6 Å². The van der Waals surface area contributed by atoms with E-state index in [1.807, 2.05) is 25.1 Å². The number of nitrogens with one attached hydrogen (secondary N) is 2. The molecule has 1 aliphatic carbocycles.